The molecule has 0 spiro atoms. The standard InChI is InChI=1S/C11H14BrFN2O2S3/c12-8-3-9(13)10(14)4-11(8)20(16,17)15-5-7-6-18-1-2-19-7/h3-4,7,15H,1-2,5-6,14H2. The van der Waals surface area contributed by atoms with Crippen LogP contribution in [0.4, 0.5) is 10.1 Å². The SMILES string of the molecule is Nc1cc(S(=O)(=O)NCC2CSCCS2)c(Br)cc1F. The van der Waals surface area contributed by atoms with Crippen molar-refractivity contribution in [2.75, 3.05) is 29.5 Å². The zero-order valence-corrected chi connectivity index (χ0v) is 14.5. The largest absolute Gasteiger partial charge is 0.396 e. The Morgan fingerprint density at radius 1 is 1.45 bits per heavy atom. The topological polar surface area (TPSA) is 72.2 Å². The minimum atomic E-state index is -3.70. The number of anilines is 1. The minimum Gasteiger partial charge on any atom is -0.396 e. The van der Waals surface area contributed by atoms with E-state index >= 15 is 0 Å². The number of sulfonamides is 1. The third kappa shape index (κ3) is 4.03. The fraction of sp³-hybridized carbons (Fsp3) is 0.455. The van der Waals surface area contributed by atoms with Crippen LogP contribution in [0, 0.1) is 5.82 Å². The Balaban J connectivity index is 2.11. The van der Waals surface area contributed by atoms with Gasteiger partial charge in [-0.05, 0) is 28.1 Å². The molecule has 1 aromatic carbocycles. The number of nitrogen functional groups attached to an aromatic ring is 1. The zero-order chi connectivity index (χ0) is 14.8. The Kier molecular flexibility index (Phi) is 5.63. The van der Waals surface area contributed by atoms with Crippen LogP contribution < -0.4 is 10.5 Å². The summed E-state index contributed by atoms with van der Waals surface area (Å²) in [5.41, 5.74) is 5.25. The normalized spacial score (nSPS) is 20.0. The van der Waals surface area contributed by atoms with Crippen molar-refractivity contribution in [2.45, 2.75) is 10.1 Å². The smallest absolute Gasteiger partial charge is 0.241 e. The summed E-state index contributed by atoms with van der Waals surface area (Å²) in [4.78, 5) is -0.0372. The van der Waals surface area contributed by atoms with Crippen LogP contribution >= 0.6 is 39.5 Å². The molecule has 0 amide bonds. The number of rotatable bonds is 4. The first-order chi connectivity index (χ1) is 9.40. The van der Waals surface area contributed by atoms with E-state index in [0.717, 1.165) is 29.4 Å². The van der Waals surface area contributed by atoms with Crippen molar-refractivity contribution in [1.82, 2.24) is 4.72 Å². The van der Waals surface area contributed by atoms with Crippen molar-refractivity contribution in [2.24, 2.45) is 0 Å². The second kappa shape index (κ2) is 6.87. The van der Waals surface area contributed by atoms with Crippen LogP contribution in [0.5, 0.6) is 0 Å². The first kappa shape index (κ1) is 16.4. The monoisotopic (exact) mass is 400 g/mol. The molecule has 0 radical (unpaired) electrons. The average Bonchev–Trinajstić information content (AvgIpc) is 2.42. The molecule has 0 saturated carbocycles. The molecule has 0 bridgehead atoms. The highest BCUT2D eigenvalue weighted by atomic mass is 79.9. The Bertz CT molecular complexity index is 592. The average molecular weight is 401 g/mol. The summed E-state index contributed by atoms with van der Waals surface area (Å²) in [6, 6.07) is 2.19. The number of benzene rings is 1. The maximum absolute atomic E-state index is 13.2. The molecule has 1 aliphatic rings. The lowest BCUT2D eigenvalue weighted by atomic mass is 10.3. The van der Waals surface area contributed by atoms with E-state index in [1.807, 2.05) is 11.8 Å². The molecular weight excluding hydrogens is 387 g/mol. The van der Waals surface area contributed by atoms with E-state index in [1.165, 1.54) is 0 Å². The quantitative estimate of drug-likeness (QED) is 0.758. The molecule has 1 saturated heterocycles. The van der Waals surface area contributed by atoms with Crippen molar-refractivity contribution in [1.29, 1.82) is 0 Å². The van der Waals surface area contributed by atoms with Gasteiger partial charge in [-0.1, -0.05) is 0 Å². The Morgan fingerprint density at radius 2 is 2.20 bits per heavy atom. The second-order valence-electron chi connectivity index (χ2n) is 4.22. The summed E-state index contributed by atoms with van der Waals surface area (Å²) in [5.74, 6) is 2.42. The number of hydrogen-bond donors (Lipinski definition) is 2. The summed E-state index contributed by atoms with van der Waals surface area (Å²) in [6.07, 6.45) is 0. The summed E-state index contributed by atoms with van der Waals surface area (Å²) in [7, 11) is -3.70. The molecule has 0 aromatic heterocycles. The van der Waals surface area contributed by atoms with Gasteiger partial charge in [0.05, 0.1) is 10.6 Å². The van der Waals surface area contributed by atoms with Crippen LogP contribution in [0.15, 0.2) is 21.5 Å². The predicted molar refractivity (Wildman–Crippen MR) is 87.3 cm³/mol. The van der Waals surface area contributed by atoms with Crippen molar-refractivity contribution >= 4 is 55.2 Å². The molecule has 1 fully saturated rings. The molecule has 9 heteroatoms. The highest BCUT2D eigenvalue weighted by Gasteiger charge is 2.22. The molecule has 0 aliphatic carbocycles. The molecule has 1 aromatic rings. The van der Waals surface area contributed by atoms with Crippen LogP contribution in [0.25, 0.3) is 0 Å². The molecular formula is C11H14BrFN2O2S3. The maximum atomic E-state index is 13.2. The molecule has 1 unspecified atom stereocenters. The number of thioether (sulfide) groups is 2. The summed E-state index contributed by atoms with van der Waals surface area (Å²) in [5, 5.41) is 0.264. The Hall–Kier alpha value is 0.0400. The zero-order valence-electron chi connectivity index (χ0n) is 10.4. The number of nitrogens with one attached hydrogen (secondary N) is 1. The van der Waals surface area contributed by atoms with E-state index in [4.69, 9.17) is 5.73 Å². The van der Waals surface area contributed by atoms with Gasteiger partial charge < -0.3 is 5.73 Å². The third-order valence-electron chi connectivity index (χ3n) is 2.73. The highest BCUT2D eigenvalue weighted by Crippen LogP contribution is 2.27. The van der Waals surface area contributed by atoms with E-state index in [-0.39, 0.29) is 20.3 Å². The van der Waals surface area contributed by atoms with Gasteiger partial charge in [0.15, 0.2) is 0 Å². The van der Waals surface area contributed by atoms with Crippen molar-refractivity contribution in [3.05, 3.63) is 22.4 Å². The van der Waals surface area contributed by atoms with Crippen LogP contribution in [0.2, 0.25) is 0 Å². The molecule has 112 valence electrons. The Morgan fingerprint density at radius 3 is 2.85 bits per heavy atom. The van der Waals surface area contributed by atoms with Crippen LogP contribution in [-0.2, 0) is 10.0 Å². The first-order valence-corrected chi connectivity index (χ1v) is 10.3. The lowest BCUT2D eigenvalue weighted by molar-refractivity contribution is 0.580. The highest BCUT2D eigenvalue weighted by molar-refractivity contribution is 9.10. The van der Waals surface area contributed by atoms with Gasteiger partial charge in [0, 0.05) is 33.5 Å². The van der Waals surface area contributed by atoms with E-state index in [9.17, 15) is 12.8 Å². The van der Waals surface area contributed by atoms with E-state index in [0.29, 0.717) is 6.54 Å². The van der Waals surface area contributed by atoms with Gasteiger partial charge in [0.1, 0.15) is 5.82 Å². The summed E-state index contributed by atoms with van der Waals surface area (Å²) in [6.45, 7) is 0.365. The molecule has 20 heavy (non-hydrogen) atoms. The molecule has 3 N–H and O–H groups in total. The van der Waals surface area contributed by atoms with E-state index in [2.05, 4.69) is 20.7 Å². The number of nitrogens with two attached hydrogens (primary N) is 1. The van der Waals surface area contributed by atoms with Crippen molar-refractivity contribution in [3.8, 4) is 0 Å². The molecule has 1 heterocycles. The summed E-state index contributed by atoms with van der Waals surface area (Å²) < 4.78 is 40.4. The lowest BCUT2D eigenvalue weighted by Gasteiger charge is -2.21. The summed E-state index contributed by atoms with van der Waals surface area (Å²) >= 11 is 6.65. The third-order valence-corrected chi connectivity index (χ3v) is 7.95. The van der Waals surface area contributed by atoms with E-state index < -0.39 is 15.8 Å². The van der Waals surface area contributed by atoms with Crippen molar-refractivity contribution in [3.63, 3.8) is 0 Å². The number of hydrogen-bond acceptors (Lipinski definition) is 5. The minimum absolute atomic E-state index is 0.0372. The fourth-order valence-corrected chi connectivity index (χ4v) is 6.53. The Labute approximate surface area is 134 Å². The second-order valence-corrected chi connectivity index (χ2v) is 9.37. The molecule has 4 nitrogen and oxygen atoms in total. The molecule has 2 rings (SSSR count). The van der Waals surface area contributed by atoms with Crippen LogP contribution in [-0.4, -0.2) is 37.5 Å². The predicted octanol–water partition coefficient (Wildman–Crippen LogP) is 2.30. The van der Waals surface area contributed by atoms with Gasteiger partial charge in [-0.25, -0.2) is 17.5 Å². The van der Waals surface area contributed by atoms with Gasteiger partial charge in [-0.15, -0.1) is 0 Å². The van der Waals surface area contributed by atoms with Gasteiger partial charge >= 0.3 is 0 Å². The lowest BCUT2D eigenvalue weighted by Crippen LogP contribution is -2.33. The first-order valence-electron chi connectivity index (χ1n) is 5.83. The van der Waals surface area contributed by atoms with Gasteiger partial charge in [0.25, 0.3) is 0 Å². The van der Waals surface area contributed by atoms with Crippen LogP contribution in [0.1, 0.15) is 0 Å². The van der Waals surface area contributed by atoms with Gasteiger partial charge in [0.2, 0.25) is 10.0 Å². The number of halogens is 2. The van der Waals surface area contributed by atoms with E-state index in [1.54, 1.807) is 11.8 Å². The maximum Gasteiger partial charge on any atom is 0.241 e. The van der Waals surface area contributed by atoms with Gasteiger partial charge in [-0.2, -0.15) is 23.5 Å². The fourth-order valence-electron chi connectivity index (χ4n) is 1.69. The van der Waals surface area contributed by atoms with Gasteiger partial charge in [-0.3, -0.25) is 0 Å². The molecule has 1 aliphatic heterocycles. The van der Waals surface area contributed by atoms with Crippen molar-refractivity contribution < 1.29 is 12.8 Å². The molecule has 1 atom stereocenters. The van der Waals surface area contributed by atoms with Crippen LogP contribution in [0.3, 0.4) is 0 Å².